The number of hydrogen-bond donors (Lipinski definition) is 0. The second-order valence-electron chi connectivity index (χ2n) is 5.93. The Balaban J connectivity index is 1.85. The first-order chi connectivity index (χ1) is 10.6. The highest BCUT2D eigenvalue weighted by Gasteiger charge is 2.57. The number of amides is 1. The monoisotopic (exact) mass is 303 g/mol. The van der Waals surface area contributed by atoms with E-state index in [0.717, 1.165) is 11.3 Å². The van der Waals surface area contributed by atoms with E-state index < -0.39 is 5.54 Å². The molecule has 2 saturated heterocycles. The van der Waals surface area contributed by atoms with Crippen LogP contribution < -0.4 is 4.74 Å². The molecular weight excluding hydrogens is 282 g/mol. The molecular formula is C17H21NO4. The minimum Gasteiger partial charge on any atom is -0.497 e. The molecule has 22 heavy (non-hydrogen) atoms. The van der Waals surface area contributed by atoms with Gasteiger partial charge in [-0.2, -0.15) is 0 Å². The zero-order valence-electron chi connectivity index (χ0n) is 13.0. The number of benzene rings is 1. The van der Waals surface area contributed by atoms with E-state index in [1.165, 1.54) is 0 Å². The van der Waals surface area contributed by atoms with Gasteiger partial charge < -0.3 is 14.4 Å². The summed E-state index contributed by atoms with van der Waals surface area (Å²) in [5.41, 5.74) is 0.379. The molecule has 5 heteroatoms. The SMILES string of the molecule is CCOC(=O)[C@@]12CCC(=O)N1C[C@@H](c1ccc(OC)cc1)C2. The van der Waals surface area contributed by atoms with Crippen molar-refractivity contribution in [3.63, 3.8) is 0 Å². The van der Waals surface area contributed by atoms with Gasteiger partial charge in [-0.05, 0) is 37.5 Å². The smallest absolute Gasteiger partial charge is 0.332 e. The molecule has 1 amide bonds. The molecule has 1 aromatic rings. The highest BCUT2D eigenvalue weighted by atomic mass is 16.5. The molecule has 0 aromatic heterocycles. The number of carbonyl (C=O) groups excluding carboxylic acids is 2. The van der Waals surface area contributed by atoms with Crippen molar-refractivity contribution in [2.75, 3.05) is 20.3 Å². The van der Waals surface area contributed by atoms with Gasteiger partial charge in [-0.3, -0.25) is 4.79 Å². The number of esters is 1. The van der Waals surface area contributed by atoms with Crippen molar-refractivity contribution in [1.82, 2.24) is 4.90 Å². The number of ether oxygens (including phenoxy) is 2. The van der Waals surface area contributed by atoms with Gasteiger partial charge in [0.1, 0.15) is 11.3 Å². The fraction of sp³-hybridized carbons (Fsp3) is 0.529. The van der Waals surface area contributed by atoms with Gasteiger partial charge in [-0.15, -0.1) is 0 Å². The minimum absolute atomic E-state index is 0.0593. The number of fused-ring (bicyclic) bond motifs is 1. The van der Waals surface area contributed by atoms with Crippen LogP contribution in [0.2, 0.25) is 0 Å². The lowest BCUT2D eigenvalue weighted by Gasteiger charge is -2.28. The lowest BCUT2D eigenvalue weighted by molar-refractivity contribution is -0.157. The Morgan fingerprint density at radius 1 is 1.36 bits per heavy atom. The molecule has 0 spiro atoms. The van der Waals surface area contributed by atoms with Crippen LogP contribution in [0.1, 0.15) is 37.7 Å². The average molecular weight is 303 g/mol. The van der Waals surface area contributed by atoms with Crippen LogP contribution >= 0.6 is 0 Å². The van der Waals surface area contributed by atoms with Crippen molar-refractivity contribution < 1.29 is 19.1 Å². The Hall–Kier alpha value is -2.04. The predicted octanol–water partition coefficient (Wildman–Crippen LogP) is 2.11. The van der Waals surface area contributed by atoms with E-state index in [-0.39, 0.29) is 17.8 Å². The zero-order valence-corrected chi connectivity index (χ0v) is 13.0. The largest absolute Gasteiger partial charge is 0.497 e. The molecule has 0 aliphatic carbocycles. The normalized spacial score (nSPS) is 26.9. The quantitative estimate of drug-likeness (QED) is 0.799. The van der Waals surface area contributed by atoms with Crippen LogP contribution in [0.25, 0.3) is 0 Å². The zero-order chi connectivity index (χ0) is 15.7. The Morgan fingerprint density at radius 3 is 2.73 bits per heavy atom. The van der Waals surface area contributed by atoms with E-state index in [1.54, 1.807) is 18.9 Å². The molecule has 1 aromatic carbocycles. The van der Waals surface area contributed by atoms with Gasteiger partial charge in [0, 0.05) is 18.9 Å². The minimum atomic E-state index is -0.752. The van der Waals surface area contributed by atoms with Crippen molar-refractivity contribution in [1.29, 1.82) is 0 Å². The Labute approximate surface area is 130 Å². The first-order valence-electron chi connectivity index (χ1n) is 7.72. The molecule has 0 unspecified atom stereocenters. The maximum atomic E-state index is 12.4. The van der Waals surface area contributed by atoms with E-state index in [1.807, 2.05) is 24.3 Å². The summed E-state index contributed by atoms with van der Waals surface area (Å²) in [5.74, 6) is 0.777. The maximum Gasteiger partial charge on any atom is 0.332 e. The Bertz CT molecular complexity index is 583. The van der Waals surface area contributed by atoms with Crippen LogP contribution in [-0.4, -0.2) is 42.6 Å². The lowest BCUT2D eigenvalue weighted by atomic mass is 9.87. The molecule has 2 atom stereocenters. The van der Waals surface area contributed by atoms with E-state index in [9.17, 15) is 9.59 Å². The van der Waals surface area contributed by atoms with Crippen LogP contribution in [0.15, 0.2) is 24.3 Å². The highest BCUT2D eigenvalue weighted by Crippen LogP contribution is 2.46. The summed E-state index contributed by atoms with van der Waals surface area (Å²) in [6.45, 7) is 2.73. The number of hydrogen-bond acceptors (Lipinski definition) is 4. The predicted molar refractivity (Wildman–Crippen MR) is 80.7 cm³/mol. The average Bonchev–Trinajstić information content (AvgIpc) is 3.07. The molecule has 0 radical (unpaired) electrons. The third kappa shape index (κ3) is 2.25. The van der Waals surface area contributed by atoms with Crippen LogP contribution in [0.5, 0.6) is 5.75 Å². The van der Waals surface area contributed by atoms with Crippen LogP contribution in [0.4, 0.5) is 0 Å². The Kier molecular flexibility index (Phi) is 3.81. The number of nitrogens with zero attached hydrogens (tertiary/aromatic N) is 1. The molecule has 118 valence electrons. The topological polar surface area (TPSA) is 55.8 Å². The van der Waals surface area contributed by atoms with Gasteiger partial charge in [0.05, 0.1) is 13.7 Å². The first kappa shape index (κ1) is 14.9. The van der Waals surface area contributed by atoms with Gasteiger partial charge in [-0.1, -0.05) is 12.1 Å². The van der Waals surface area contributed by atoms with Gasteiger partial charge in [0.15, 0.2) is 0 Å². The second kappa shape index (κ2) is 5.63. The summed E-state index contributed by atoms with van der Waals surface area (Å²) in [6.07, 6.45) is 1.65. The molecule has 0 N–H and O–H groups in total. The third-order valence-corrected chi connectivity index (χ3v) is 4.80. The lowest BCUT2D eigenvalue weighted by Crippen LogP contribution is -2.48. The van der Waals surface area contributed by atoms with Crippen molar-refractivity contribution in [2.45, 2.75) is 37.6 Å². The van der Waals surface area contributed by atoms with E-state index in [2.05, 4.69) is 0 Å². The summed E-state index contributed by atoms with van der Waals surface area (Å²) in [5, 5.41) is 0. The molecule has 5 nitrogen and oxygen atoms in total. The van der Waals surface area contributed by atoms with Crippen LogP contribution in [0.3, 0.4) is 0 Å². The van der Waals surface area contributed by atoms with Crippen molar-refractivity contribution in [2.24, 2.45) is 0 Å². The van der Waals surface area contributed by atoms with Gasteiger partial charge in [0.25, 0.3) is 0 Å². The summed E-state index contributed by atoms with van der Waals surface area (Å²) in [4.78, 5) is 26.3. The molecule has 2 aliphatic rings. The first-order valence-corrected chi connectivity index (χ1v) is 7.72. The number of rotatable bonds is 4. The summed E-state index contributed by atoms with van der Waals surface area (Å²) >= 11 is 0. The van der Waals surface area contributed by atoms with E-state index in [0.29, 0.717) is 32.4 Å². The molecule has 0 saturated carbocycles. The summed E-state index contributed by atoms with van der Waals surface area (Å²) in [6, 6.07) is 7.85. The fourth-order valence-corrected chi connectivity index (χ4v) is 3.66. The Morgan fingerprint density at radius 2 is 2.09 bits per heavy atom. The van der Waals surface area contributed by atoms with Crippen LogP contribution in [-0.2, 0) is 14.3 Å². The fourth-order valence-electron chi connectivity index (χ4n) is 3.66. The summed E-state index contributed by atoms with van der Waals surface area (Å²) in [7, 11) is 1.63. The maximum absolute atomic E-state index is 12.4. The van der Waals surface area contributed by atoms with Crippen molar-refractivity contribution >= 4 is 11.9 Å². The highest BCUT2D eigenvalue weighted by molar-refractivity contribution is 5.92. The molecule has 2 aliphatic heterocycles. The molecule has 0 bridgehead atoms. The summed E-state index contributed by atoms with van der Waals surface area (Å²) < 4.78 is 10.4. The van der Waals surface area contributed by atoms with Gasteiger partial charge >= 0.3 is 5.97 Å². The van der Waals surface area contributed by atoms with Crippen LogP contribution in [0, 0.1) is 0 Å². The van der Waals surface area contributed by atoms with Crippen molar-refractivity contribution in [3.8, 4) is 5.75 Å². The van der Waals surface area contributed by atoms with Gasteiger partial charge in [0.2, 0.25) is 5.91 Å². The van der Waals surface area contributed by atoms with E-state index in [4.69, 9.17) is 9.47 Å². The second-order valence-corrected chi connectivity index (χ2v) is 5.93. The number of methoxy groups -OCH3 is 1. The van der Waals surface area contributed by atoms with E-state index >= 15 is 0 Å². The molecule has 3 rings (SSSR count). The number of carbonyl (C=O) groups is 2. The van der Waals surface area contributed by atoms with Gasteiger partial charge in [-0.25, -0.2) is 4.79 Å². The standard InChI is InChI=1S/C17H21NO4/c1-3-22-16(20)17-9-8-15(19)18(17)11-13(10-17)12-4-6-14(21-2)7-5-12/h4-7,13H,3,8-11H2,1-2H3/t13-,17-/m0/s1. The molecule has 2 fully saturated rings. The molecule has 2 heterocycles. The third-order valence-electron chi connectivity index (χ3n) is 4.80. The van der Waals surface area contributed by atoms with Crippen molar-refractivity contribution in [3.05, 3.63) is 29.8 Å².